The predicted octanol–water partition coefficient (Wildman–Crippen LogP) is 1.16. The molecule has 21 heavy (non-hydrogen) atoms. The van der Waals surface area contributed by atoms with Crippen LogP contribution in [0.1, 0.15) is 6.92 Å². The van der Waals surface area contributed by atoms with Gasteiger partial charge in [0, 0.05) is 26.7 Å². The van der Waals surface area contributed by atoms with Crippen molar-refractivity contribution in [1.82, 2.24) is 4.98 Å². The molecule has 1 atom stereocenters. The standard InChI is InChI=1S/C15H23N3O3/c1-12(15(19)20-3)11-17(2)13-4-5-14(16-10-13)18-6-8-21-9-7-18/h4-5,10,12H,6-9,11H2,1-3H3. The van der Waals surface area contributed by atoms with Crippen molar-refractivity contribution in [2.45, 2.75) is 6.92 Å². The number of ether oxygens (including phenoxy) is 2. The highest BCUT2D eigenvalue weighted by Gasteiger charge is 2.17. The third-order valence-corrected chi connectivity index (χ3v) is 3.66. The van der Waals surface area contributed by atoms with Crippen molar-refractivity contribution >= 4 is 17.5 Å². The van der Waals surface area contributed by atoms with Crippen LogP contribution < -0.4 is 9.80 Å². The van der Waals surface area contributed by atoms with E-state index in [1.54, 1.807) is 0 Å². The number of methoxy groups -OCH3 is 1. The number of carbonyl (C=O) groups is 1. The lowest BCUT2D eigenvalue weighted by molar-refractivity contribution is -0.144. The second-order valence-electron chi connectivity index (χ2n) is 5.28. The van der Waals surface area contributed by atoms with Crippen LogP contribution in [0, 0.1) is 5.92 Å². The van der Waals surface area contributed by atoms with Crippen molar-refractivity contribution in [3.05, 3.63) is 18.3 Å². The molecule has 0 saturated carbocycles. The average Bonchev–Trinajstić information content (AvgIpc) is 2.55. The summed E-state index contributed by atoms with van der Waals surface area (Å²) in [7, 11) is 3.36. The molecule has 1 aromatic rings. The first-order valence-corrected chi connectivity index (χ1v) is 7.19. The Balaban J connectivity index is 1.96. The van der Waals surface area contributed by atoms with Crippen LogP contribution in [0.2, 0.25) is 0 Å². The molecule has 1 unspecified atom stereocenters. The molecule has 1 aromatic heterocycles. The van der Waals surface area contributed by atoms with Gasteiger partial charge in [0.25, 0.3) is 0 Å². The Kier molecular flexibility index (Phi) is 5.38. The molecule has 0 bridgehead atoms. The van der Waals surface area contributed by atoms with Crippen LogP contribution in [0.25, 0.3) is 0 Å². The Hall–Kier alpha value is -1.82. The number of esters is 1. The van der Waals surface area contributed by atoms with Crippen LogP contribution in [0.15, 0.2) is 18.3 Å². The molecule has 6 nitrogen and oxygen atoms in total. The zero-order valence-electron chi connectivity index (χ0n) is 12.9. The Morgan fingerprint density at radius 2 is 2.19 bits per heavy atom. The highest BCUT2D eigenvalue weighted by molar-refractivity contribution is 5.72. The van der Waals surface area contributed by atoms with Gasteiger partial charge in [0.2, 0.25) is 0 Å². The SMILES string of the molecule is COC(=O)C(C)CN(C)c1ccc(N2CCOCC2)nc1. The first kappa shape index (κ1) is 15.6. The van der Waals surface area contributed by atoms with Crippen molar-refractivity contribution < 1.29 is 14.3 Å². The summed E-state index contributed by atoms with van der Waals surface area (Å²) in [4.78, 5) is 20.2. The van der Waals surface area contributed by atoms with Crippen molar-refractivity contribution in [3.8, 4) is 0 Å². The summed E-state index contributed by atoms with van der Waals surface area (Å²) >= 11 is 0. The summed E-state index contributed by atoms with van der Waals surface area (Å²) in [6, 6.07) is 4.04. The van der Waals surface area contributed by atoms with E-state index in [4.69, 9.17) is 9.47 Å². The fourth-order valence-electron chi connectivity index (χ4n) is 2.38. The van der Waals surface area contributed by atoms with Gasteiger partial charge in [-0.3, -0.25) is 4.79 Å². The van der Waals surface area contributed by atoms with E-state index in [-0.39, 0.29) is 11.9 Å². The number of nitrogens with zero attached hydrogens (tertiary/aromatic N) is 3. The van der Waals surface area contributed by atoms with E-state index in [2.05, 4.69) is 9.88 Å². The van der Waals surface area contributed by atoms with E-state index in [1.165, 1.54) is 7.11 Å². The van der Waals surface area contributed by atoms with E-state index in [1.807, 2.05) is 37.2 Å². The number of anilines is 2. The maximum atomic E-state index is 11.5. The van der Waals surface area contributed by atoms with E-state index < -0.39 is 0 Å². The Labute approximate surface area is 125 Å². The number of aromatic nitrogens is 1. The van der Waals surface area contributed by atoms with Crippen LogP contribution in [-0.4, -0.2) is 58.0 Å². The highest BCUT2D eigenvalue weighted by Crippen LogP contribution is 2.18. The maximum absolute atomic E-state index is 11.5. The van der Waals surface area contributed by atoms with Crippen molar-refractivity contribution in [1.29, 1.82) is 0 Å². The Bertz CT molecular complexity index is 458. The molecule has 0 N–H and O–H groups in total. The molecular formula is C15H23N3O3. The van der Waals surface area contributed by atoms with Gasteiger partial charge in [-0.15, -0.1) is 0 Å². The van der Waals surface area contributed by atoms with Crippen LogP contribution in [0.4, 0.5) is 11.5 Å². The van der Waals surface area contributed by atoms with Gasteiger partial charge in [-0.2, -0.15) is 0 Å². The number of hydrogen-bond donors (Lipinski definition) is 0. The summed E-state index contributed by atoms with van der Waals surface area (Å²) < 4.78 is 10.1. The predicted molar refractivity (Wildman–Crippen MR) is 81.7 cm³/mol. The number of morpholine rings is 1. The summed E-state index contributed by atoms with van der Waals surface area (Å²) in [6.45, 7) is 5.71. The van der Waals surface area contributed by atoms with Gasteiger partial charge in [0.1, 0.15) is 5.82 Å². The average molecular weight is 293 g/mol. The minimum absolute atomic E-state index is 0.168. The fourth-order valence-corrected chi connectivity index (χ4v) is 2.38. The van der Waals surface area contributed by atoms with E-state index in [0.29, 0.717) is 6.54 Å². The van der Waals surface area contributed by atoms with Crippen LogP contribution in [-0.2, 0) is 14.3 Å². The highest BCUT2D eigenvalue weighted by atomic mass is 16.5. The largest absolute Gasteiger partial charge is 0.469 e. The van der Waals surface area contributed by atoms with Gasteiger partial charge in [-0.25, -0.2) is 4.98 Å². The number of rotatable bonds is 5. The van der Waals surface area contributed by atoms with Gasteiger partial charge in [0.15, 0.2) is 0 Å². The normalized spacial score (nSPS) is 16.4. The number of hydrogen-bond acceptors (Lipinski definition) is 6. The first-order chi connectivity index (χ1) is 10.1. The molecule has 0 amide bonds. The third-order valence-electron chi connectivity index (χ3n) is 3.66. The smallest absolute Gasteiger partial charge is 0.310 e. The van der Waals surface area contributed by atoms with Crippen LogP contribution in [0.5, 0.6) is 0 Å². The molecule has 0 radical (unpaired) electrons. The van der Waals surface area contributed by atoms with Gasteiger partial charge in [0.05, 0.1) is 38.1 Å². The number of pyridine rings is 1. The molecule has 1 aliphatic rings. The molecule has 116 valence electrons. The molecule has 1 aliphatic heterocycles. The molecule has 1 saturated heterocycles. The van der Waals surface area contributed by atoms with Crippen LogP contribution in [0.3, 0.4) is 0 Å². The second-order valence-corrected chi connectivity index (χ2v) is 5.28. The minimum Gasteiger partial charge on any atom is -0.469 e. The van der Waals surface area contributed by atoms with E-state index in [0.717, 1.165) is 37.8 Å². The zero-order valence-corrected chi connectivity index (χ0v) is 12.9. The van der Waals surface area contributed by atoms with Crippen molar-refractivity contribution in [2.75, 3.05) is 56.8 Å². The maximum Gasteiger partial charge on any atom is 0.310 e. The van der Waals surface area contributed by atoms with E-state index in [9.17, 15) is 4.79 Å². The number of carbonyl (C=O) groups excluding carboxylic acids is 1. The van der Waals surface area contributed by atoms with Gasteiger partial charge >= 0.3 is 5.97 Å². The zero-order chi connectivity index (χ0) is 15.2. The first-order valence-electron chi connectivity index (χ1n) is 7.19. The second kappa shape index (κ2) is 7.26. The molecule has 0 aliphatic carbocycles. The lowest BCUT2D eigenvalue weighted by Gasteiger charge is -2.28. The van der Waals surface area contributed by atoms with Gasteiger partial charge in [-0.1, -0.05) is 6.92 Å². The fraction of sp³-hybridized carbons (Fsp3) is 0.600. The minimum atomic E-state index is -0.195. The lowest BCUT2D eigenvalue weighted by Crippen LogP contribution is -2.36. The molecular weight excluding hydrogens is 270 g/mol. The summed E-state index contributed by atoms with van der Waals surface area (Å²) in [5.41, 5.74) is 0.989. The Morgan fingerprint density at radius 1 is 1.48 bits per heavy atom. The van der Waals surface area contributed by atoms with Crippen molar-refractivity contribution in [2.24, 2.45) is 5.92 Å². The molecule has 0 aromatic carbocycles. The molecule has 1 fully saturated rings. The van der Waals surface area contributed by atoms with E-state index >= 15 is 0 Å². The molecule has 2 rings (SSSR count). The topological polar surface area (TPSA) is 54.9 Å². The molecule has 0 spiro atoms. The quantitative estimate of drug-likeness (QED) is 0.760. The van der Waals surface area contributed by atoms with Gasteiger partial charge < -0.3 is 19.3 Å². The monoisotopic (exact) mass is 293 g/mol. The lowest BCUT2D eigenvalue weighted by atomic mass is 10.1. The van der Waals surface area contributed by atoms with Crippen LogP contribution >= 0.6 is 0 Å². The summed E-state index contributed by atoms with van der Waals surface area (Å²) in [5.74, 6) is 0.607. The van der Waals surface area contributed by atoms with Gasteiger partial charge in [-0.05, 0) is 12.1 Å². The third kappa shape index (κ3) is 4.07. The summed E-state index contributed by atoms with van der Waals surface area (Å²) in [6.07, 6.45) is 1.84. The Morgan fingerprint density at radius 3 is 2.76 bits per heavy atom. The molecule has 6 heteroatoms. The molecule has 2 heterocycles. The van der Waals surface area contributed by atoms with Crippen molar-refractivity contribution in [3.63, 3.8) is 0 Å². The summed E-state index contributed by atoms with van der Waals surface area (Å²) in [5, 5.41) is 0.